The summed E-state index contributed by atoms with van der Waals surface area (Å²) < 4.78 is 9.67. The van der Waals surface area contributed by atoms with E-state index in [-0.39, 0.29) is 17.5 Å². The Morgan fingerprint density at radius 1 is 1.15 bits per heavy atom. The summed E-state index contributed by atoms with van der Waals surface area (Å²) >= 11 is 0.912. The zero-order valence-electron chi connectivity index (χ0n) is 14.9. The Balaban J connectivity index is 2.68. The Morgan fingerprint density at radius 2 is 1.81 bits per heavy atom. The third kappa shape index (κ3) is 8.11. The van der Waals surface area contributed by atoms with E-state index in [9.17, 15) is 19.3 Å². The quantitative estimate of drug-likeness (QED) is 0.543. The molecule has 0 aliphatic heterocycles. The van der Waals surface area contributed by atoms with Crippen LogP contribution in [0.15, 0.2) is 35.5 Å². The predicted octanol–water partition coefficient (Wildman–Crippen LogP) is 2.85. The standard InChI is InChI=1S/C17H22N2O6S/c1-17(2,3)15(21)26-10-13(19-16(22)25-11-18-23)14(20)24-9-12-7-5-4-6-8-12/h4-8,13H,9-11H2,1-3H3,(H,19,22)/t13-/m0/s1. The maximum absolute atomic E-state index is 12.3. The van der Waals surface area contributed by atoms with Crippen molar-refractivity contribution in [1.82, 2.24) is 5.32 Å². The monoisotopic (exact) mass is 382 g/mol. The molecule has 0 unspecified atom stereocenters. The van der Waals surface area contributed by atoms with Gasteiger partial charge in [0.15, 0.2) is 5.12 Å². The molecule has 9 heteroatoms. The van der Waals surface area contributed by atoms with Crippen LogP contribution < -0.4 is 5.32 Å². The molecule has 1 atom stereocenters. The summed E-state index contributed by atoms with van der Waals surface area (Å²) in [5.74, 6) is -0.730. The highest BCUT2D eigenvalue weighted by Crippen LogP contribution is 2.23. The fraction of sp³-hybridized carbons (Fsp3) is 0.471. The van der Waals surface area contributed by atoms with E-state index in [2.05, 4.69) is 15.2 Å². The van der Waals surface area contributed by atoms with E-state index in [1.807, 2.05) is 6.07 Å². The second kappa shape index (κ2) is 10.5. The number of carbonyl (C=O) groups is 3. The number of nitrogens with one attached hydrogen (secondary N) is 1. The molecule has 1 N–H and O–H groups in total. The van der Waals surface area contributed by atoms with Gasteiger partial charge in [-0.2, -0.15) is 0 Å². The van der Waals surface area contributed by atoms with E-state index in [4.69, 9.17) is 4.74 Å². The van der Waals surface area contributed by atoms with Crippen molar-refractivity contribution in [3.05, 3.63) is 40.8 Å². The summed E-state index contributed by atoms with van der Waals surface area (Å²) in [5.41, 5.74) is 0.191. The largest absolute Gasteiger partial charge is 0.459 e. The number of hydrogen-bond donors (Lipinski definition) is 1. The average Bonchev–Trinajstić information content (AvgIpc) is 2.61. The van der Waals surface area contributed by atoms with Gasteiger partial charge in [0.25, 0.3) is 0 Å². The number of nitroso groups, excluding NO2 is 1. The van der Waals surface area contributed by atoms with Gasteiger partial charge in [0.1, 0.15) is 12.6 Å². The first-order valence-electron chi connectivity index (χ1n) is 7.84. The Hall–Kier alpha value is -2.42. The average molecular weight is 382 g/mol. The fourth-order valence-electron chi connectivity index (χ4n) is 1.64. The molecule has 1 amide bonds. The van der Waals surface area contributed by atoms with Gasteiger partial charge < -0.3 is 14.8 Å². The molecular formula is C17H22N2O6S. The lowest BCUT2D eigenvalue weighted by Gasteiger charge is -2.19. The topological polar surface area (TPSA) is 111 Å². The van der Waals surface area contributed by atoms with E-state index in [1.165, 1.54) is 0 Å². The van der Waals surface area contributed by atoms with Crippen LogP contribution in [-0.2, 0) is 25.7 Å². The molecule has 0 saturated carbocycles. The highest BCUT2D eigenvalue weighted by Gasteiger charge is 2.28. The van der Waals surface area contributed by atoms with Crippen molar-refractivity contribution in [1.29, 1.82) is 0 Å². The second-order valence-electron chi connectivity index (χ2n) is 6.33. The fourth-order valence-corrected chi connectivity index (χ4v) is 2.61. The van der Waals surface area contributed by atoms with Crippen molar-refractivity contribution in [3.8, 4) is 0 Å². The summed E-state index contributed by atoms with van der Waals surface area (Å²) in [7, 11) is 0. The lowest BCUT2D eigenvalue weighted by Crippen LogP contribution is -2.44. The van der Waals surface area contributed by atoms with Crippen LogP contribution in [0.2, 0.25) is 0 Å². The van der Waals surface area contributed by atoms with Gasteiger partial charge >= 0.3 is 12.1 Å². The zero-order valence-corrected chi connectivity index (χ0v) is 15.7. The summed E-state index contributed by atoms with van der Waals surface area (Å²) in [6.45, 7) is 4.61. The molecule has 0 bridgehead atoms. The number of hydrogen-bond acceptors (Lipinski definition) is 8. The second-order valence-corrected chi connectivity index (χ2v) is 7.32. The highest BCUT2D eigenvalue weighted by molar-refractivity contribution is 8.13. The molecular weight excluding hydrogens is 360 g/mol. The molecule has 0 saturated heterocycles. The molecule has 1 aromatic carbocycles. The number of thioether (sulfide) groups is 1. The molecule has 0 aliphatic carbocycles. The van der Waals surface area contributed by atoms with E-state index in [0.29, 0.717) is 0 Å². The van der Waals surface area contributed by atoms with Crippen LogP contribution in [0.25, 0.3) is 0 Å². The minimum absolute atomic E-state index is 0.0205. The van der Waals surface area contributed by atoms with Crippen molar-refractivity contribution < 1.29 is 23.9 Å². The Labute approximate surface area is 156 Å². The molecule has 1 aromatic rings. The van der Waals surface area contributed by atoms with Gasteiger partial charge in [-0.25, -0.2) is 9.59 Å². The Bertz CT molecular complexity index is 630. The van der Waals surface area contributed by atoms with Crippen LogP contribution in [0, 0.1) is 10.3 Å². The van der Waals surface area contributed by atoms with Crippen molar-refractivity contribution >= 4 is 28.9 Å². The number of rotatable bonds is 8. The van der Waals surface area contributed by atoms with Gasteiger partial charge in [0.05, 0.1) is 0 Å². The van der Waals surface area contributed by atoms with E-state index in [0.717, 1.165) is 17.3 Å². The number of alkyl carbamates (subject to hydrolysis) is 1. The molecule has 26 heavy (non-hydrogen) atoms. The van der Waals surface area contributed by atoms with E-state index in [1.54, 1.807) is 45.0 Å². The van der Waals surface area contributed by atoms with Crippen LogP contribution in [0.4, 0.5) is 4.79 Å². The number of esters is 1. The summed E-state index contributed by atoms with van der Waals surface area (Å²) in [5, 5.41) is 4.55. The van der Waals surface area contributed by atoms with Crippen molar-refractivity contribution in [2.75, 3.05) is 12.5 Å². The van der Waals surface area contributed by atoms with E-state index >= 15 is 0 Å². The predicted molar refractivity (Wildman–Crippen MR) is 97.2 cm³/mol. The first kappa shape index (κ1) is 21.6. The highest BCUT2D eigenvalue weighted by atomic mass is 32.2. The van der Waals surface area contributed by atoms with Gasteiger partial charge in [-0.05, 0) is 10.7 Å². The molecule has 1 rings (SSSR count). The zero-order chi connectivity index (χ0) is 19.6. The minimum Gasteiger partial charge on any atom is -0.459 e. The van der Waals surface area contributed by atoms with Gasteiger partial charge in [0.2, 0.25) is 6.73 Å². The lowest BCUT2D eigenvalue weighted by molar-refractivity contribution is -0.146. The SMILES string of the molecule is CC(C)(C)C(=O)SC[C@H](NC(=O)OCN=O)C(=O)OCc1ccccc1. The Kier molecular flexibility index (Phi) is 8.77. The number of amides is 1. The number of ether oxygens (including phenoxy) is 2. The molecule has 0 fully saturated rings. The molecule has 142 valence electrons. The smallest absolute Gasteiger partial charge is 0.409 e. The van der Waals surface area contributed by atoms with Gasteiger partial charge in [-0.15, -0.1) is 4.91 Å². The van der Waals surface area contributed by atoms with Gasteiger partial charge in [-0.1, -0.05) is 62.9 Å². The number of carbonyl (C=O) groups excluding carboxylic acids is 3. The van der Waals surface area contributed by atoms with Crippen molar-refractivity contribution in [2.24, 2.45) is 10.6 Å². The first-order chi connectivity index (χ1) is 12.2. The number of benzene rings is 1. The van der Waals surface area contributed by atoms with Crippen LogP contribution in [-0.4, -0.2) is 35.7 Å². The van der Waals surface area contributed by atoms with Crippen molar-refractivity contribution in [3.63, 3.8) is 0 Å². The molecule has 0 heterocycles. The molecule has 0 aromatic heterocycles. The molecule has 0 radical (unpaired) electrons. The van der Waals surface area contributed by atoms with Gasteiger partial charge in [0, 0.05) is 11.2 Å². The Morgan fingerprint density at radius 3 is 2.38 bits per heavy atom. The first-order valence-corrected chi connectivity index (χ1v) is 8.83. The lowest BCUT2D eigenvalue weighted by atomic mass is 10.00. The maximum Gasteiger partial charge on any atom is 0.409 e. The van der Waals surface area contributed by atoms with Crippen LogP contribution in [0.1, 0.15) is 26.3 Å². The summed E-state index contributed by atoms with van der Waals surface area (Å²) in [4.78, 5) is 45.9. The van der Waals surface area contributed by atoms with Crippen LogP contribution >= 0.6 is 11.8 Å². The maximum atomic E-state index is 12.3. The molecule has 8 nitrogen and oxygen atoms in total. The number of nitrogens with zero attached hydrogens (tertiary/aromatic N) is 1. The summed E-state index contributed by atoms with van der Waals surface area (Å²) in [6.07, 6.45) is -0.991. The molecule has 0 aliphatic rings. The normalized spacial score (nSPS) is 12.0. The third-order valence-corrected chi connectivity index (χ3v) is 4.42. The molecule has 0 spiro atoms. The van der Waals surface area contributed by atoms with Crippen LogP contribution in [0.5, 0.6) is 0 Å². The van der Waals surface area contributed by atoms with Gasteiger partial charge in [-0.3, -0.25) is 4.79 Å². The summed E-state index contributed by atoms with van der Waals surface area (Å²) in [6, 6.07) is 7.92. The van der Waals surface area contributed by atoms with Crippen LogP contribution in [0.3, 0.4) is 0 Å². The third-order valence-electron chi connectivity index (χ3n) is 3.04. The minimum atomic E-state index is -1.10. The van der Waals surface area contributed by atoms with E-state index < -0.39 is 30.3 Å². The van der Waals surface area contributed by atoms with Crippen molar-refractivity contribution in [2.45, 2.75) is 33.4 Å².